The van der Waals surface area contributed by atoms with E-state index in [4.69, 9.17) is 4.42 Å². The second-order valence-corrected chi connectivity index (χ2v) is 8.44. The molecular weight excluding hydrogens is 400 g/mol. The Morgan fingerprint density at radius 2 is 2.28 bits per heavy atom. The zero-order valence-corrected chi connectivity index (χ0v) is 16.0. The minimum atomic E-state index is -0.324. The topological polar surface area (TPSA) is 66.0 Å². The molecule has 1 unspecified atom stereocenters. The van der Waals surface area contributed by atoms with E-state index in [2.05, 4.69) is 34.2 Å². The number of rotatable bonds is 2. The third-order valence-electron chi connectivity index (χ3n) is 4.55. The molecule has 0 bridgehead atoms. The number of halogens is 1. The summed E-state index contributed by atoms with van der Waals surface area (Å²) in [4.78, 5) is 13.8. The molecule has 0 aliphatic heterocycles. The van der Waals surface area contributed by atoms with E-state index in [9.17, 15) is 10.1 Å². The maximum Gasteiger partial charge on any atom is 0.292 e. The second kappa shape index (κ2) is 6.32. The molecule has 0 fully saturated rings. The van der Waals surface area contributed by atoms with E-state index in [0.29, 0.717) is 22.1 Å². The summed E-state index contributed by atoms with van der Waals surface area (Å²) in [6, 6.07) is 9.58. The van der Waals surface area contributed by atoms with Gasteiger partial charge < -0.3 is 9.73 Å². The molecule has 126 valence electrons. The number of thiophene rings is 1. The highest BCUT2D eigenvalue weighted by Gasteiger charge is 2.25. The predicted octanol–water partition coefficient (Wildman–Crippen LogP) is 5.51. The summed E-state index contributed by atoms with van der Waals surface area (Å²) < 4.78 is 6.57. The smallest absolute Gasteiger partial charge is 0.292 e. The third-order valence-corrected chi connectivity index (χ3v) is 6.22. The van der Waals surface area contributed by atoms with E-state index in [-0.39, 0.29) is 11.7 Å². The number of furan rings is 1. The zero-order chi connectivity index (χ0) is 17.6. The van der Waals surface area contributed by atoms with E-state index in [1.54, 1.807) is 6.07 Å². The number of hydrogen-bond donors (Lipinski definition) is 1. The van der Waals surface area contributed by atoms with Crippen molar-refractivity contribution in [2.75, 3.05) is 5.32 Å². The van der Waals surface area contributed by atoms with Crippen LogP contribution in [-0.4, -0.2) is 5.91 Å². The van der Waals surface area contributed by atoms with Crippen molar-refractivity contribution in [3.05, 3.63) is 50.5 Å². The molecule has 0 saturated carbocycles. The van der Waals surface area contributed by atoms with E-state index >= 15 is 0 Å². The van der Waals surface area contributed by atoms with Crippen molar-refractivity contribution in [1.29, 1.82) is 5.26 Å². The quantitative estimate of drug-likeness (QED) is 0.601. The summed E-state index contributed by atoms with van der Waals surface area (Å²) in [6.07, 6.45) is 2.97. The fourth-order valence-electron chi connectivity index (χ4n) is 3.25. The zero-order valence-electron chi connectivity index (χ0n) is 13.6. The molecule has 1 N–H and O–H groups in total. The van der Waals surface area contributed by atoms with E-state index < -0.39 is 0 Å². The van der Waals surface area contributed by atoms with Crippen molar-refractivity contribution in [2.24, 2.45) is 5.92 Å². The number of nitrogens with one attached hydrogen (secondary N) is 1. The summed E-state index contributed by atoms with van der Waals surface area (Å²) in [5, 5.41) is 13.9. The molecule has 4 nitrogen and oxygen atoms in total. The van der Waals surface area contributed by atoms with Crippen molar-refractivity contribution < 1.29 is 9.21 Å². The van der Waals surface area contributed by atoms with Gasteiger partial charge in [-0.1, -0.05) is 22.9 Å². The van der Waals surface area contributed by atoms with Crippen molar-refractivity contribution in [1.82, 2.24) is 0 Å². The molecule has 0 spiro atoms. The van der Waals surface area contributed by atoms with Crippen LogP contribution in [0.3, 0.4) is 0 Å². The lowest BCUT2D eigenvalue weighted by molar-refractivity contribution is 0.0999. The SMILES string of the molecule is CC1CCc2c(sc(NC(=O)c3cc4cc(Br)ccc4o3)c2C#N)C1. The predicted molar refractivity (Wildman–Crippen MR) is 102 cm³/mol. The van der Waals surface area contributed by atoms with E-state index in [0.717, 1.165) is 34.7 Å². The molecular formula is C19H15BrN2O2S. The minimum Gasteiger partial charge on any atom is -0.451 e. The van der Waals surface area contributed by atoms with Gasteiger partial charge in [0.1, 0.15) is 16.7 Å². The number of benzene rings is 1. The Kier molecular flexibility index (Phi) is 4.14. The summed E-state index contributed by atoms with van der Waals surface area (Å²) in [5.74, 6) is 0.544. The Morgan fingerprint density at radius 1 is 1.44 bits per heavy atom. The summed E-state index contributed by atoms with van der Waals surface area (Å²) in [6.45, 7) is 2.22. The average molecular weight is 415 g/mol. The highest BCUT2D eigenvalue weighted by atomic mass is 79.9. The van der Waals surface area contributed by atoms with Crippen LogP contribution in [0.2, 0.25) is 0 Å². The van der Waals surface area contributed by atoms with E-state index in [1.807, 2.05) is 18.2 Å². The molecule has 25 heavy (non-hydrogen) atoms. The molecule has 1 atom stereocenters. The van der Waals surface area contributed by atoms with Crippen molar-refractivity contribution in [3.63, 3.8) is 0 Å². The lowest BCUT2D eigenvalue weighted by Crippen LogP contribution is -2.11. The standard InChI is InChI=1S/C19H15BrN2O2S/c1-10-2-4-13-14(9-21)19(25-17(13)6-10)22-18(23)16-8-11-7-12(20)3-5-15(11)24-16/h3,5,7-8,10H,2,4,6H2,1H3,(H,22,23). The Labute approximate surface area is 157 Å². The van der Waals surface area contributed by atoms with Gasteiger partial charge in [-0.25, -0.2) is 0 Å². The molecule has 2 heterocycles. The first-order valence-corrected chi connectivity index (χ1v) is 9.71. The van der Waals surface area contributed by atoms with Crippen LogP contribution in [0.4, 0.5) is 5.00 Å². The van der Waals surface area contributed by atoms with Crippen molar-refractivity contribution >= 4 is 49.1 Å². The summed E-state index contributed by atoms with van der Waals surface area (Å²) in [5.41, 5.74) is 2.38. The first-order chi connectivity index (χ1) is 12.0. The van der Waals surface area contributed by atoms with Crippen LogP contribution in [0.1, 0.15) is 39.9 Å². The molecule has 2 aromatic heterocycles. The molecule has 0 saturated heterocycles. The van der Waals surface area contributed by atoms with Gasteiger partial charge in [-0.05, 0) is 55.0 Å². The number of anilines is 1. The number of amides is 1. The molecule has 1 aromatic carbocycles. The van der Waals surface area contributed by atoms with Gasteiger partial charge in [-0.3, -0.25) is 4.79 Å². The fraction of sp³-hybridized carbons (Fsp3) is 0.263. The number of nitrogens with zero attached hydrogens (tertiary/aromatic N) is 1. The number of carbonyl (C=O) groups excluding carboxylic acids is 1. The van der Waals surface area contributed by atoms with Crippen LogP contribution < -0.4 is 5.32 Å². The minimum absolute atomic E-state index is 0.247. The molecule has 1 aliphatic rings. The van der Waals surface area contributed by atoms with Crippen molar-refractivity contribution in [2.45, 2.75) is 26.2 Å². The second-order valence-electron chi connectivity index (χ2n) is 6.41. The van der Waals surface area contributed by atoms with Gasteiger partial charge in [-0.2, -0.15) is 5.26 Å². The number of hydrogen-bond acceptors (Lipinski definition) is 4. The van der Waals surface area contributed by atoms with Crippen LogP contribution >= 0.6 is 27.3 Å². The van der Waals surface area contributed by atoms with E-state index in [1.165, 1.54) is 16.2 Å². The van der Waals surface area contributed by atoms with Gasteiger partial charge in [0.2, 0.25) is 0 Å². The lowest BCUT2D eigenvalue weighted by atomic mass is 9.89. The molecule has 6 heteroatoms. The Balaban J connectivity index is 1.65. The van der Waals surface area contributed by atoms with Crippen LogP contribution in [0.25, 0.3) is 11.0 Å². The molecule has 1 amide bonds. The van der Waals surface area contributed by atoms with Crippen LogP contribution in [0.15, 0.2) is 33.2 Å². The average Bonchev–Trinajstić information content (AvgIpc) is 3.14. The monoisotopic (exact) mass is 414 g/mol. The summed E-state index contributed by atoms with van der Waals surface area (Å²) in [7, 11) is 0. The largest absolute Gasteiger partial charge is 0.451 e. The highest BCUT2D eigenvalue weighted by molar-refractivity contribution is 9.10. The normalized spacial score (nSPS) is 16.4. The fourth-order valence-corrected chi connectivity index (χ4v) is 4.98. The van der Waals surface area contributed by atoms with Gasteiger partial charge >= 0.3 is 0 Å². The molecule has 1 aliphatic carbocycles. The van der Waals surface area contributed by atoms with Gasteiger partial charge in [0, 0.05) is 14.7 Å². The lowest BCUT2D eigenvalue weighted by Gasteiger charge is -2.17. The maximum atomic E-state index is 12.6. The van der Waals surface area contributed by atoms with Gasteiger partial charge in [-0.15, -0.1) is 11.3 Å². The summed E-state index contributed by atoms with van der Waals surface area (Å²) >= 11 is 4.93. The van der Waals surface area contributed by atoms with Crippen LogP contribution in [-0.2, 0) is 12.8 Å². The first kappa shape index (κ1) is 16.4. The molecule has 3 aromatic rings. The van der Waals surface area contributed by atoms with Gasteiger partial charge in [0.15, 0.2) is 5.76 Å². The Hall–Kier alpha value is -2.10. The maximum absolute atomic E-state index is 12.6. The highest BCUT2D eigenvalue weighted by Crippen LogP contribution is 2.39. The molecule has 4 rings (SSSR count). The Morgan fingerprint density at radius 3 is 3.08 bits per heavy atom. The Bertz CT molecular complexity index is 1030. The van der Waals surface area contributed by atoms with Gasteiger partial charge in [0.25, 0.3) is 5.91 Å². The molecule has 0 radical (unpaired) electrons. The first-order valence-electron chi connectivity index (χ1n) is 8.10. The number of nitriles is 1. The third kappa shape index (κ3) is 2.99. The number of fused-ring (bicyclic) bond motifs is 2. The van der Waals surface area contributed by atoms with Gasteiger partial charge in [0.05, 0.1) is 5.56 Å². The number of carbonyl (C=O) groups is 1. The van der Waals surface area contributed by atoms with Crippen LogP contribution in [0.5, 0.6) is 0 Å². The van der Waals surface area contributed by atoms with Crippen molar-refractivity contribution in [3.8, 4) is 6.07 Å². The van der Waals surface area contributed by atoms with Crippen LogP contribution in [0, 0.1) is 17.2 Å².